The van der Waals surface area contributed by atoms with Crippen LogP contribution in [0.5, 0.6) is 0 Å². The molecule has 1 spiro atoms. The molecule has 2 aliphatic heterocycles. The lowest BCUT2D eigenvalue weighted by molar-refractivity contribution is -0.124. The van der Waals surface area contributed by atoms with Crippen LogP contribution in [0.15, 0.2) is 18.2 Å². The summed E-state index contributed by atoms with van der Waals surface area (Å²) in [6, 6.07) is 2.84. The van der Waals surface area contributed by atoms with Gasteiger partial charge in [-0.25, -0.2) is 8.78 Å². The Hall–Kier alpha value is -1.53. The highest BCUT2D eigenvalue weighted by Gasteiger charge is 2.47. The lowest BCUT2D eigenvalue weighted by Crippen LogP contribution is -2.57. The van der Waals surface area contributed by atoms with Crippen LogP contribution in [0.25, 0.3) is 0 Å². The molecule has 21 heavy (non-hydrogen) atoms. The highest BCUT2D eigenvalue weighted by atomic mass is 19.1. The number of benzene rings is 1. The first-order valence-electron chi connectivity index (χ1n) is 7.08. The lowest BCUT2D eigenvalue weighted by atomic mass is 9.87. The molecule has 2 aliphatic rings. The molecule has 1 aromatic rings. The van der Waals surface area contributed by atoms with Crippen molar-refractivity contribution < 1.29 is 23.4 Å². The SMILES string of the molecule is O=C(c1cc(F)ccc1F)N1CC[C@H](O)[C@]2(CCCO2)C1. The molecule has 2 fully saturated rings. The summed E-state index contributed by atoms with van der Waals surface area (Å²) in [4.78, 5) is 13.8. The van der Waals surface area contributed by atoms with Crippen molar-refractivity contribution in [3.05, 3.63) is 35.4 Å². The molecule has 1 aromatic carbocycles. The largest absolute Gasteiger partial charge is 0.390 e. The lowest BCUT2D eigenvalue weighted by Gasteiger charge is -2.43. The maximum absolute atomic E-state index is 13.7. The fraction of sp³-hybridized carbons (Fsp3) is 0.533. The molecule has 0 aromatic heterocycles. The summed E-state index contributed by atoms with van der Waals surface area (Å²) < 4.78 is 32.6. The van der Waals surface area contributed by atoms with Crippen molar-refractivity contribution in [3.63, 3.8) is 0 Å². The number of ether oxygens (including phenoxy) is 1. The minimum Gasteiger partial charge on any atom is -0.390 e. The molecule has 0 bridgehead atoms. The number of hydrogen-bond acceptors (Lipinski definition) is 3. The van der Waals surface area contributed by atoms with Crippen LogP contribution in [0.1, 0.15) is 29.6 Å². The van der Waals surface area contributed by atoms with Crippen molar-refractivity contribution >= 4 is 5.91 Å². The fourth-order valence-electron chi connectivity index (χ4n) is 3.16. The molecule has 0 radical (unpaired) electrons. The molecular formula is C15H17F2NO3. The summed E-state index contributed by atoms with van der Waals surface area (Å²) in [5, 5.41) is 10.1. The maximum atomic E-state index is 13.7. The first kappa shape index (κ1) is 14.4. The summed E-state index contributed by atoms with van der Waals surface area (Å²) in [5.74, 6) is -1.95. The molecule has 1 N–H and O–H groups in total. The number of aliphatic hydroxyl groups excluding tert-OH is 1. The predicted molar refractivity (Wildman–Crippen MR) is 70.8 cm³/mol. The van der Waals surface area contributed by atoms with E-state index < -0.39 is 29.2 Å². The van der Waals surface area contributed by atoms with Gasteiger partial charge in [0.15, 0.2) is 0 Å². The molecular weight excluding hydrogens is 280 g/mol. The Morgan fingerprint density at radius 1 is 1.43 bits per heavy atom. The topological polar surface area (TPSA) is 49.8 Å². The van der Waals surface area contributed by atoms with E-state index in [1.807, 2.05) is 0 Å². The van der Waals surface area contributed by atoms with E-state index >= 15 is 0 Å². The first-order valence-corrected chi connectivity index (χ1v) is 7.08. The maximum Gasteiger partial charge on any atom is 0.257 e. The molecule has 2 heterocycles. The van der Waals surface area contributed by atoms with E-state index in [0.29, 0.717) is 26.0 Å². The van der Waals surface area contributed by atoms with Gasteiger partial charge in [0.1, 0.15) is 17.2 Å². The van der Waals surface area contributed by atoms with Crippen LogP contribution in [0.2, 0.25) is 0 Å². The van der Waals surface area contributed by atoms with Crippen LogP contribution in [0.3, 0.4) is 0 Å². The number of hydrogen-bond donors (Lipinski definition) is 1. The van der Waals surface area contributed by atoms with Crippen molar-refractivity contribution in [2.24, 2.45) is 0 Å². The van der Waals surface area contributed by atoms with Crippen LogP contribution < -0.4 is 0 Å². The molecule has 3 rings (SSSR count). The highest BCUT2D eigenvalue weighted by Crippen LogP contribution is 2.35. The third kappa shape index (κ3) is 2.53. The third-order valence-corrected chi connectivity index (χ3v) is 4.32. The molecule has 1 amide bonds. The van der Waals surface area contributed by atoms with E-state index in [1.54, 1.807) is 0 Å². The fourth-order valence-corrected chi connectivity index (χ4v) is 3.16. The number of rotatable bonds is 1. The summed E-state index contributed by atoms with van der Waals surface area (Å²) in [6.07, 6.45) is 1.25. The Labute approximate surface area is 121 Å². The van der Waals surface area contributed by atoms with Gasteiger partial charge in [0.25, 0.3) is 5.91 Å². The van der Waals surface area contributed by atoms with Crippen LogP contribution in [0.4, 0.5) is 8.78 Å². The normalized spacial score (nSPS) is 29.1. The van der Waals surface area contributed by atoms with Gasteiger partial charge in [0.05, 0.1) is 18.2 Å². The number of likely N-dealkylation sites (tertiary alicyclic amines) is 1. The van der Waals surface area contributed by atoms with Crippen LogP contribution in [-0.4, -0.2) is 47.3 Å². The molecule has 6 heteroatoms. The van der Waals surface area contributed by atoms with Crippen LogP contribution >= 0.6 is 0 Å². The average Bonchev–Trinajstić information content (AvgIpc) is 2.93. The highest BCUT2D eigenvalue weighted by molar-refractivity contribution is 5.94. The Morgan fingerprint density at radius 3 is 2.95 bits per heavy atom. The van der Waals surface area contributed by atoms with Gasteiger partial charge in [-0.3, -0.25) is 4.79 Å². The van der Waals surface area contributed by atoms with Gasteiger partial charge in [-0.1, -0.05) is 0 Å². The van der Waals surface area contributed by atoms with Gasteiger partial charge in [0, 0.05) is 13.2 Å². The molecule has 4 nitrogen and oxygen atoms in total. The Balaban J connectivity index is 1.83. The second-order valence-corrected chi connectivity index (χ2v) is 5.67. The number of amides is 1. The summed E-state index contributed by atoms with van der Waals surface area (Å²) in [6.45, 7) is 1.07. The van der Waals surface area contributed by atoms with Gasteiger partial charge < -0.3 is 14.7 Å². The molecule has 0 saturated carbocycles. The van der Waals surface area contributed by atoms with E-state index in [1.165, 1.54) is 4.90 Å². The van der Waals surface area contributed by atoms with Gasteiger partial charge in [0.2, 0.25) is 0 Å². The molecule has 0 unspecified atom stereocenters. The zero-order chi connectivity index (χ0) is 15.0. The average molecular weight is 297 g/mol. The molecule has 2 atom stereocenters. The zero-order valence-electron chi connectivity index (χ0n) is 11.5. The van der Waals surface area contributed by atoms with Gasteiger partial charge in [-0.2, -0.15) is 0 Å². The number of piperidine rings is 1. The van der Waals surface area contributed by atoms with E-state index in [-0.39, 0.29) is 12.1 Å². The van der Waals surface area contributed by atoms with Crippen LogP contribution in [-0.2, 0) is 4.74 Å². The smallest absolute Gasteiger partial charge is 0.257 e. The predicted octanol–water partition coefficient (Wildman–Crippen LogP) is 1.72. The molecule has 2 saturated heterocycles. The molecule has 0 aliphatic carbocycles. The van der Waals surface area contributed by atoms with E-state index in [0.717, 1.165) is 24.6 Å². The van der Waals surface area contributed by atoms with Crippen molar-refractivity contribution in [1.29, 1.82) is 0 Å². The number of halogens is 2. The van der Waals surface area contributed by atoms with Crippen molar-refractivity contribution in [3.8, 4) is 0 Å². The van der Waals surface area contributed by atoms with E-state index in [2.05, 4.69) is 0 Å². The van der Waals surface area contributed by atoms with Crippen LogP contribution in [0, 0.1) is 11.6 Å². The standard InChI is InChI=1S/C15H17F2NO3/c16-10-2-3-12(17)11(8-10)14(20)18-6-4-13(19)15(9-18)5-1-7-21-15/h2-3,8,13,19H,1,4-7,9H2/t13-,15-/m0/s1. The van der Waals surface area contributed by atoms with Gasteiger partial charge in [-0.05, 0) is 37.5 Å². The summed E-state index contributed by atoms with van der Waals surface area (Å²) in [7, 11) is 0. The quantitative estimate of drug-likeness (QED) is 0.858. The Kier molecular flexibility index (Phi) is 3.67. The minimum absolute atomic E-state index is 0.211. The Bertz CT molecular complexity index is 558. The second kappa shape index (κ2) is 5.35. The minimum atomic E-state index is -0.752. The Morgan fingerprint density at radius 2 is 2.24 bits per heavy atom. The third-order valence-electron chi connectivity index (χ3n) is 4.32. The zero-order valence-corrected chi connectivity index (χ0v) is 11.5. The van der Waals surface area contributed by atoms with Gasteiger partial charge in [-0.15, -0.1) is 0 Å². The summed E-state index contributed by atoms with van der Waals surface area (Å²) >= 11 is 0. The number of carbonyl (C=O) groups is 1. The van der Waals surface area contributed by atoms with Gasteiger partial charge >= 0.3 is 0 Å². The first-order chi connectivity index (χ1) is 10.0. The molecule has 114 valence electrons. The van der Waals surface area contributed by atoms with Crippen molar-refractivity contribution in [1.82, 2.24) is 4.90 Å². The second-order valence-electron chi connectivity index (χ2n) is 5.67. The van der Waals surface area contributed by atoms with E-state index in [9.17, 15) is 18.7 Å². The van der Waals surface area contributed by atoms with Crippen molar-refractivity contribution in [2.45, 2.75) is 31.0 Å². The van der Waals surface area contributed by atoms with E-state index in [4.69, 9.17) is 4.74 Å². The number of aliphatic hydroxyl groups is 1. The number of nitrogens with zero attached hydrogens (tertiary/aromatic N) is 1. The summed E-state index contributed by atoms with van der Waals surface area (Å²) in [5.41, 5.74) is -1.03. The van der Waals surface area contributed by atoms with Crippen molar-refractivity contribution in [2.75, 3.05) is 19.7 Å². The monoisotopic (exact) mass is 297 g/mol. The number of carbonyl (C=O) groups excluding carboxylic acids is 1.